The number of halogens is 1. The Kier molecular flexibility index (Phi) is 11.2. The minimum atomic E-state index is -0.232. The molecule has 0 aliphatic carbocycles. The van der Waals surface area contributed by atoms with Gasteiger partial charge in [-0.25, -0.2) is 0 Å². The third-order valence-electron chi connectivity index (χ3n) is 4.95. The molecule has 8 heteroatoms. The van der Waals surface area contributed by atoms with Crippen LogP contribution in [0.2, 0.25) is 0 Å². The summed E-state index contributed by atoms with van der Waals surface area (Å²) < 4.78 is 10.0. The summed E-state index contributed by atoms with van der Waals surface area (Å²) in [4.78, 5) is 18.3. The fourth-order valence-electron chi connectivity index (χ4n) is 3.29. The van der Waals surface area contributed by atoms with Crippen LogP contribution < -0.4 is 15.4 Å². The standard InChI is InChI=1S/C20H32N4O3.HI/c1-15(19(25)27-4)13-22-20(21-2)23-14-18(24-11-5-6-12-24)16-7-9-17(26-3)10-8-16;/h7-10,15,18H,5-6,11-14H2,1-4H3,(H2,21,22,23);1H. The molecule has 1 heterocycles. The zero-order chi connectivity index (χ0) is 19.6. The van der Waals surface area contributed by atoms with E-state index in [0.717, 1.165) is 25.4 Å². The molecule has 0 amide bonds. The molecule has 1 aromatic carbocycles. The summed E-state index contributed by atoms with van der Waals surface area (Å²) in [6.45, 7) is 5.24. The first-order valence-corrected chi connectivity index (χ1v) is 9.49. The van der Waals surface area contributed by atoms with Gasteiger partial charge in [-0.2, -0.15) is 0 Å². The Balaban J connectivity index is 0.00000392. The average Bonchev–Trinajstić information content (AvgIpc) is 3.24. The molecule has 1 aliphatic heterocycles. The van der Waals surface area contributed by atoms with Crippen molar-refractivity contribution in [3.05, 3.63) is 29.8 Å². The summed E-state index contributed by atoms with van der Waals surface area (Å²) in [6, 6.07) is 8.51. The largest absolute Gasteiger partial charge is 0.497 e. The summed E-state index contributed by atoms with van der Waals surface area (Å²) in [5.41, 5.74) is 1.25. The minimum absolute atomic E-state index is 0. The predicted octanol–water partition coefficient (Wildman–Crippen LogP) is 2.42. The number of guanidine groups is 1. The van der Waals surface area contributed by atoms with E-state index in [1.165, 1.54) is 25.5 Å². The Morgan fingerprint density at radius 3 is 2.29 bits per heavy atom. The van der Waals surface area contributed by atoms with E-state index in [1.54, 1.807) is 14.2 Å². The monoisotopic (exact) mass is 504 g/mol. The van der Waals surface area contributed by atoms with Crippen LogP contribution in [0.1, 0.15) is 31.4 Å². The zero-order valence-electron chi connectivity index (χ0n) is 17.2. The Morgan fingerprint density at radius 1 is 1.14 bits per heavy atom. The minimum Gasteiger partial charge on any atom is -0.497 e. The molecule has 1 fully saturated rings. The first-order valence-electron chi connectivity index (χ1n) is 9.49. The zero-order valence-corrected chi connectivity index (χ0v) is 19.6. The van der Waals surface area contributed by atoms with Crippen molar-refractivity contribution >= 4 is 35.9 Å². The Labute approximate surface area is 185 Å². The molecule has 0 aromatic heterocycles. The van der Waals surface area contributed by atoms with Crippen LogP contribution in [0.3, 0.4) is 0 Å². The Bertz CT molecular complexity index is 618. The first kappa shape index (κ1) is 24.5. The summed E-state index contributed by atoms with van der Waals surface area (Å²) in [6.07, 6.45) is 2.46. The molecule has 1 aliphatic rings. The quantitative estimate of drug-likeness (QED) is 0.245. The van der Waals surface area contributed by atoms with Gasteiger partial charge in [0.15, 0.2) is 5.96 Å². The lowest BCUT2D eigenvalue weighted by Gasteiger charge is -2.29. The predicted molar refractivity (Wildman–Crippen MR) is 123 cm³/mol. The molecule has 7 nitrogen and oxygen atoms in total. The van der Waals surface area contributed by atoms with Gasteiger partial charge in [0.25, 0.3) is 0 Å². The fraction of sp³-hybridized carbons (Fsp3) is 0.600. The third-order valence-corrected chi connectivity index (χ3v) is 4.95. The molecule has 2 N–H and O–H groups in total. The van der Waals surface area contributed by atoms with E-state index in [0.29, 0.717) is 12.5 Å². The number of hydrogen-bond acceptors (Lipinski definition) is 5. The van der Waals surface area contributed by atoms with E-state index in [9.17, 15) is 4.79 Å². The van der Waals surface area contributed by atoms with Gasteiger partial charge in [0.1, 0.15) is 5.75 Å². The second-order valence-electron chi connectivity index (χ2n) is 6.79. The van der Waals surface area contributed by atoms with Crippen molar-refractivity contribution in [2.75, 3.05) is 47.4 Å². The number of methoxy groups -OCH3 is 2. The van der Waals surface area contributed by atoms with Crippen molar-refractivity contribution < 1.29 is 14.3 Å². The second-order valence-corrected chi connectivity index (χ2v) is 6.79. The fourth-order valence-corrected chi connectivity index (χ4v) is 3.29. The van der Waals surface area contributed by atoms with Crippen molar-refractivity contribution in [3.8, 4) is 5.75 Å². The molecule has 1 saturated heterocycles. The molecule has 0 bridgehead atoms. The van der Waals surface area contributed by atoms with Gasteiger partial charge in [0, 0.05) is 20.1 Å². The van der Waals surface area contributed by atoms with Crippen molar-refractivity contribution in [3.63, 3.8) is 0 Å². The van der Waals surface area contributed by atoms with Crippen molar-refractivity contribution in [2.24, 2.45) is 10.9 Å². The smallest absolute Gasteiger partial charge is 0.310 e. The van der Waals surface area contributed by atoms with Gasteiger partial charge in [0.2, 0.25) is 0 Å². The molecule has 2 rings (SSSR count). The molecule has 2 unspecified atom stereocenters. The number of ether oxygens (including phenoxy) is 2. The second kappa shape index (κ2) is 12.8. The summed E-state index contributed by atoms with van der Waals surface area (Å²) in [5.74, 6) is 1.08. The highest BCUT2D eigenvalue weighted by Crippen LogP contribution is 2.26. The molecule has 1 aromatic rings. The lowest BCUT2D eigenvalue weighted by molar-refractivity contribution is -0.144. The van der Waals surface area contributed by atoms with Gasteiger partial charge >= 0.3 is 5.97 Å². The molecule has 28 heavy (non-hydrogen) atoms. The van der Waals surface area contributed by atoms with E-state index < -0.39 is 0 Å². The molecule has 2 atom stereocenters. The highest BCUT2D eigenvalue weighted by molar-refractivity contribution is 14.0. The Hall–Kier alpha value is -1.55. The molecule has 0 radical (unpaired) electrons. The number of aliphatic imine (C=N–C) groups is 1. The number of benzene rings is 1. The van der Waals surface area contributed by atoms with Crippen LogP contribution in [-0.4, -0.2) is 64.3 Å². The number of carbonyl (C=O) groups is 1. The third kappa shape index (κ3) is 7.12. The number of hydrogen-bond donors (Lipinski definition) is 2. The highest BCUT2D eigenvalue weighted by Gasteiger charge is 2.24. The maximum Gasteiger partial charge on any atom is 0.310 e. The van der Waals surface area contributed by atoms with Crippen LogP contribution in [0.4, 0.5) is 0 Å². The van der Waals surface area contributed by atoms with Crippen molar-refractivity contribution in [1.82, 2.24) is 15.5 Å². The van der Waals surface area contributed by atoms with E-state index in [4.69, 9.17) is 9.47 Å². The SMILES string of the molecule is CN=C(NCC(C)C(=O)OC)NCC(c1ccc(OC)cc1)N1CCCC1.I. The number of esters is 1. The molecule has 0 spiro atoms. The van der Waals surface area contributed by atoms with E-state index in [1.807, 2.05) is 19.1 Å². The molecular weight excluding hydrogens is 471 g/mol. The van der Waals surface area contributed by atoms with E-state index in [2.05, 4.69) is 32.7 Å². The maximum atomic E-state index is 11.6. The van der Waals surface area contributed by atoms with Gasteiger partial charge in [-0.3, -0.25) is 14.7 Å². The maximum absolute atomic E-state index is 11.6. The summed E-state index contributed by atoms with van der Waals surface area (Å²) >= 11 is 0. The normalized spacial score (nSPS) is 16.6. The number of likely N-dealkylation sites (tertiary alicyclic amines) is 1. The van der Waals surface area contributed by atoms with E-state index >= 15 is 0 Å². The van der Waals surface area contributed by atoms with Crippen LogP contribution in [0.5, 0.6) is 5.75 Å². The van der Waals surface area contributed by atoms with Gasteiger partial charge in [-0.05, 0) is 43.6 Å². The van der Waals surface area contributed by atoms with Crippen LogP contribution in [-0.2, 0) is 9.53 Å². The lowest BCUT2D eigenvalue weighted by atomic mass is 10.1. The number of nitrogens with zero attached hydrogens (tertiary/aromatic N) is 2. The topological polar surface area (TPSA) is 75.2 Å². The van der Waals surface area contributed by atoms with E-state index in [-0.39, 0.29) is 41.9 Å². The molecule has 158 valence electrons. The highest BCUT2D eigenvalue weighted by atomic mass is 127. The van der Waals surface area contributed by atoms with Gasteiger partial charge < -0.3 is 20.1 Å². The van der Waals surface area contributed by atoms with Gasteiger partial charge in [0.05, 0.1) is 26.2 Å². The number of carbonyl (C=O) groups excluding carboxylic acids is 1. The average molecular weight is 504 g/mol. The van der Waals surface area contributed by atoms with Crippen LogP contribution >= 0.6 is 24.0 Å². The van der Waals surface area contributed by atoms with Crippen LogP contribution in [0, 0.1) is 5.92 Å². The van der Waals surface area contributed by atoms with Gasteiger partial charge in [-0.1, -0.05) is 19.1 Å². The first-order chi connectivity index (χ1) is 13.1. The summed E-state index contributed by atoms with van der Waals surface area (Å²) in [5, 5.41) is 6.60. The number of rotatable bonds is 8. The van der Waals surface area contributed by atoms with Crippen LogP contribution in [0.15, 0.2) is 29.3 Å². The summed E-state index contributed by atoms with van der Waals surface area (Å²) in [7, 11) is 4.82. The Morgan fingerprint density at radius 2 is 1.75 bits per heavy atom. The van der Waals surface area contributed by atoms with Crippen molar-refractivity contribution in [2.45, 2.75) is 25.8 Å². The molecule has 0 saturated carbocycles. The number of nitrogens with one attached hydrogen (secondary N) is 2. The van der Waals surface area contributed by atoms with Gasteiger partial charge in [-0.15, -0.1) is 24.0 Å². The molecular formula is C20H33IN4O3. The van der Waals surface area contributed by atoms with Crippen molar-refractivity contribution in [1.29, 1.82) is 0 Å². The van der Waals surface area contributed by atoms with Crippen LogP contribution in [0.25, 0.3) is 0 Å². The lowest BCUT2D eigenvalue weighted by Crippen LogP contribution is -2.44.